The van der Waals surface area contributed by atoms with Crippen molar-refractivity contribution in [1.82, 2.24) is 4.98 Å². The molecule has 0 bridgehead atoms. The highest BCUT2D eigenvalue weighted by molar-refractivity contribution is 5.71. The molecule has 1 heterocycles. The molecule has 0 unspecified atom stereocenters. The molecule has 0 N–H and O–H groups in total. The van der Waals surface area contributed by atoms with Crippen molar-refractivity contribution < 1.29 is 9.53 Å². The second kappa shape index (κ2) is 3.71. The largest absolute Gasteiger partial charge is 0.407 e. The van der Waals surface area contributed by atoms with E-state index in [1.165, 1.54) is 0 Å². The molecular formula is C8H9NO2. The Morgan fingerprint density at radius 1 is 1.64 bits per heavy atom. The van der Waals surface area contributed by atoms with Crippen LogP contribution in [0, 0.1) is 0 Å². The van der Waals surface area contributed by atoms with Gasteiger partial charge in [0, 0.05) is 18.7 Å². The van der Waals surface area contributed by atoms with Crippen molar-refractivity contribution in [1.29, 1.82) is 0 Å². The molecule has 0 atom stereocenters. The summed E-state index contributed by atoms with van der Waals surface area (Å²) in [6.07, 6.45) is 1.95. The Labute approximate surface area is 65.0 Å². The molecule has 1 rings (SSSR count). The first-order valence-corrected chi connectivity index (χ1v) is 3.44. The zero-order valence-electron chi connectivity index (χ0n) is 6.28. The topological polar surface area (TPSA) is 39.2 Å². The minimum absolute atomic E-state index is 0.260. The fourth-order valence-electron chi connectivity index (χ4n) is 0.596. The van der Waals surface area contributed by atoms with Gasteiger partial charge in [-0.25, -0.2) is 4.98 Å². The van der Waals surface area contributed by atoms with Gasteiger partial charge < -0.3 is 4.74 Å². The van der Waals surface area contributed by atoms with E-state index in [0.717, 1.165) is 0 Å². The number of rotatable bonds is 2. The van der Waals surface area contributed by atoms with Gasteiger partial charge in [0.25, 0.3) is 0 Å². The molecule has 0 fully saturated rings. The minimum Gasteiger partial charge on any atom is -0.407 e. The second-order valence-electron chi connectivity index (χ2n) is 2.00. The summed E-state index contributed by atoms with van der Waals surface area (Å²) in [6.45, 7) is 1.74. The van der Waals surface area contributed by atoms with Crippen LogP contribution in [0.3, 0.4) is 0 Å². The van der Waals surface area contributed by atoms with Gasteiger partial charge in [0.15, 0.2) is 0 Å². The van der Waals surface area contributed by atoms with Crippen molar-refractivity contribution >= 4 is 5.97 Å². The Kier molecular flexibility index (Phi) is 2.60. The number of nitrogens with zero attached hydrogens (tertiary/aromatic N) is 1. The van der Waals surface area contributed by atoms with Gasteiger partial charge in [-0.05, 0) is 6.07 Å². The van der Waals surface area contributed by atoms with Crippen LogP contribution in [0.25, 0.3) is 0 Å². The molecule has 0 aliphatic rings. The molecule has 0 aliphatic heterocycles. The molecule has 0 saturated heterocycles. The van der Waals surface area contributed by atoms with Crippen LogP contribution in [0.15, 0.2) is 24.4 Å². The molecule has 0 amide bonds. The molecule has 1 aromatic heterocycles. The highest BCUT2D eigenvalue weighted by atomic mass is 16.5. The molecular weight excluding hydrogens is 142 g/mol. The van der Waals surface area contributed by atoms with Crippen LogP contribution in [0.1, 0.15) is 13.3 Å². The van der Waals surface area contributed by atoms with Crippen LogP contribution in [-0.2, 0) is 4.79 Å². The summed E-state index contributed by atoms with van der Waals surface area (Å²) in [5, 5.41) is 0. The highest BCUT2D eigenvalue weighted by Gasteiger charge is 1.99. The standard InChI is InChI=1S/C8H9NO2/c1-2-8(10)11-7-5-3-4-6-9-7/h3-6H,2H2,1H3. The molecule has 58 valence electrons. The maximum Gasteiger partial charge on any atom is 0.312 e. The normalized spacial score (nSPS) is 9.18. The lowest BCUT2D eigenvalue weighted by atomic mass is 10.5. The van der Waals surface area contributed by atoms with Crippen LogP contribution < -0.4 is 4.74 Å². The summed E-state index contributed by atoms with van der Waals surface area (Å²) in [4.78, 5) is 14.5. The molecule has 3 heteroatoms. The van der Waals surface area contributed by atoms with Crippen molar-refractivity contribution in [3.8, 4) is 5.88 Å². The molecule has 11 heavy (non-hydrogen) atoms. The summed E-state index contributed by atoms with van der Waals surface area (Å²) >= 11 is 0. The minimum atomic E-state index is -0.260. The monoisotopic (exact) mass is 151 g/mol. The van der Waals surface area contributed by atoms with E-state index in [1.807, 2.05) is 0 Å². The van der Waals surface area contributed by atoms with Gasteiger partial charge in [0.05, 0.1) is 0 Å². The number of hydrogen-bond donors (Lipinski definition) is 0. The number of hydrogen-bond acceptors (Lipinski definition) is 3. The van der Waals surface area contributed by atoms with Crippen LogP contribution in [-0.4, -0.2) is 11.0 Å². The Bertz CT molecular complexity index is 233. The molecule has 0 spiro atoms. The van der Waals surface area contributed by atoms with Gasteiger partial charge in [-0.1, -0.05) is 13.0 Å². The van der Waals surface area contributed by atoms with E-state index in [1.54, 1.807) is 31.3 Å². The lowest BCUT2D eigenvalue weighted by Crippen LogP contribution is -2.06. The number of ether oxygens (including phenoxy) is 1. The molecule has 3 nitrogen and oxygen atoms in total. The summed E-state index contributed by atoms with van der Waals surface area (Å²) in [5.41, 5.74) is 0. The van der Waals surface area contributed by atoms with Crippen LogP contribution >= 0.6 is 0 Å². The quantitative estimate of drug-likeness (QED) is 0.599. The molecule has 1 aromatic rings. The third kappa shape index (κ3) is 2.37. The highest BCUT2D eigenvalue weighted by Crippen LogP contribution is 2.03. The zero-order chi connectivity index (χ0) is 8.10. The van der Waals surface area contributed by atoms with E-state index < -0.39 is 0 Å². The van der Waals surface area contributed by atoms with Crippen LogP contribution in [0.2, 0.25) is 0 Å². The maximum atomic E-state index is 10.7. The molecule has 0 saturated carbocycles. The number of carbonyl (C=O) groups excluding carboxylic acids is 1. The smallest absolute Gasteiger partial charge is 0.312 e. The van der Waals surface area contributed by atoms with Crippen molar-refractivity contribution in [2.45, 2.75) is 13.3 Å². The number of aromatic nitrogens is 1. The third-order valence-corrected chi connectivity index (χ3v) is 1.14. The Morgan fingerprint density at radius 2 is 2.45 bits per heavy atom. The van der Waals surface area contributed by atoms with E-state index in [2.05, 4.69) is 4.98 Å². The van der Waals surface area contributed by atoms with Gasteiger partial charge >= 0.3 is 5.97 Å². The fraction of sp³-hybridized carbons (Fsp3) is 0.250. The molecule has 0 aromatic carbocycles. The van der Waals surface area contributed by atoms with Crippen LogP contribution in [0.4, 0.5) is 0 Å². The Morgan fingerprint density at radius 3 is 3.00 bits per heavy atom. The summed E-state index contributed by atoms with van der Waals surface area (Å²) in [5.74, 6) is 0.100. The first kappa shape index (κ1) is 7.72. The van der Waals surface area contributed by atoms with Crippen molar-refractivity contribution in [2.24, 2.45) is 0 Å². The van der Waals surface area contributed by atoms with E-state index in [-0.39, 0.29) is 5.97 Å². The lowest BCUT2D eigenvalue weighted by Gasteiger charge is -1.98. The maximum absolute atomic E-state index is 10.7. The zero-order valence-corrected chi connectivity index (χ0v) is 6.28. The van der Waals surface area contributed by atoms with Gasteiger partial charge in [0.2, 0.25) is 5.88 Å². The van der Waals surface area contributed by atoms with Gasteiger partial charge in [0.1, 0.15) is 0 Å². The Hall–Kier alpha value is -1.38. The first-order chi connectivity index (χ1) is 5.33. The van der Waals surface area contributed by atoms with Gasteiger partial charge in [-0.2, -0.15) is 0 Å². The average Bonchev–Trinajstić information content (AvgIpc) is 2.06. The number of esters is 1. The van der Waals surface area contributed by atoms with E-state index >= 15 is 0 Å². The Balaban J connectivity index is 2.58. The summed E-state index contributed by atoms with van der Waals surface area (Å²) < 4.78 is 4.81. The van der Waals surface area contributed by atoms with E-state index in [4.69, 9.17) is 4.74 Å². The lowest BCUT2D eigenvalue weighted by molar-refractivity contribution is -0.134. The van der Waals surface area contributed by atoms with E-state index in [0.29, 0.717) is 12.3 Å². The van der Waals surface area contributed by atoms with Gasteiger partial charge in [-0.15, -0.1) is 0 Å². The molecule has 0 radical (unpaired) electrons. The van der Waals surface area contributed by atoms with E-state index in [9.17, 15) is 4.79 Å². The van der Waals surface area contributed by atoms with Gasteiger partial charge in [-0.3, -0.25) is 4.79 Å². The number of carbonyl (C=O) groups is 1. The average molecular weight is 151 g/mol. The van der Waals surface area contributed by atoms with Crippen molar-refractivity contribution in [3.63, 3.8) is 0 Å². The second-order valence-corrected chi connectivity index (χ2v) is 2.00. The third-order valence-electron chi connectivity index (χ3n) is 1.14. The summed E-state index contributed by atoms with van der Waals surface area (Å²) in [7, 11) is 0. The predicted octanol–water partition coefficient (Wildman–Crippen LogP) is 1.40. The fourth-order valence-corrected chi connectivity index (χ4v) is 0.596. The van der Waals surface area contributed by atoms with Crippen LogP contribution in [0.5, 0.6) is 5.88 Å². The van der Waals surface area contributed by atoms with Crippen molar-refractivity contribution in [3.05, 3.63) is 24.4 Å². The first-order valence-electron chi connectivity index (χ1n) is 3.44. The SMILES string of the molecule is CCC(=O)Oc1ccccn1. The van der Waals surface area contributed by atoms with Crippen molar-refractivity contribution in [2.75, 3.05) is 0 Å². The summed E-state index contributed by atoms with van der Waals surface area (Å²) in [6, 6.07) is 5.18. The number of pyridine rings is 1. The predicted molar refractivity (Wildman–Crippen MR) is 40.2 cm³/mol. The molecule has 0 aliphatic carbocycles.